The number of H-pyrrole nitrogens is 1. The van der Waals surface area contributed by atoms with Crippen LogP contribution in [0.25, 0.3) is 11.3 Å². The first-order chi connectivity index (χ1) is 8.54. The molecule has 96 valence electrons. The highest BCUT2D eigenvalue weighted by Gasteiger charge is 2.40. The smallest absolute Gasteiger partial charge is 0.284 e. The number of fused-ring (bicyclic) bond motifs is 3. The molecular formula is C13H16N2O3. The summed E-state index contributed by atoms with van der Waals surface area (Å²) in [5.41, 5.74) is 2.03. The highest BCUT2D eigenvalue weighted by molar-refractivity contribution is 5.69. The van der Waals surface area contributed by atoms with Crippen LogP contribution in [0.2, 0.25) is 0 Å². The van der Waals surface area contributed by atoms with Crippen LogP contribution in [0.4, 0.5) is 0 Å². The summed E-state index contributed by atoms with van der Waals surface area (Å²) in [5, 5.41) is 6.55. The van der Waals surface area contributed by atoms with Crippen LogP contribution >= 0.6 is 0 Å². The van der Waals surface area contributed by atoms with Crippen LogP contribution in [0, 0.1) is 0 Å². The predicted molar refractivity (Wildman–Crippen MR) is 65.6 cm³/mol. The number of hydrogen-bond acceptors (Lipinski definition) is 4. The maximum absolute atomic E-state index is 11.9. The van der Waals surface area contributed by atoms with Crippen molar-refractivity contribution in [3.63, 3.8) is 0 Å². The Kier molecular flexibility index (Phi) is 2.27. The van der Waals surface area contributed by atoms with Crippen LogP contribution < -0.4 is 5.56 Å². The lowest BCUT2D eigenvalue weighted by Gasteiger charge is -2.25. The van der Waals surface area contributed by atoms with Crippen molar-refractivity contribution in [1.82, 2.24) is 10.3 Å². The second-order valence-corrected chi connectivity index (χ2v) is 5.48. The SMILES string of the molecule is CCCc1noc2c1-c1o[nH]c(=O)c1C(C)(C)C2. The normalized spacial score (nSPS) is 16.4. The number of hydrogen-bond donors (Lipinski definition) is 1. The van der Waals surface area contributed by atoms with Crippen molar-refractivity contribution in [2.75, 3.05) is 0 Å². The molecule has 0 radical (unpaired) electrons. The Morgan fingerprint density at radius 3 is 2.94 bits per heavy atom. The van der Waals surface area contributed by atoms with E-state index in [0.29, 0.717) is 17.7 Å². The minimum Gasteiger partial charge on any atom is -0.378 e. The lowest BCUT2D eigenvalue weighted by atomic mass is 9.75. The van der Waals surface area contributed by atoms with Crippen LogP contribution in [0.1, 0.15) is 44.2 Å². The molecule has 0 spiro atoms. The fourth-order valence-electron chi connectivity index (χ4n) is 2.73. The van der Waals surface area contributed by atoms with Crippen LogP contribution in [-0.4, -0.2) is 10.3 Å². The van der Waals surface area contributed by atoms with Gasteiger partial charge in [0.1, 0.15) is 5.76 Å². The molecule has 5 nitrogen and oxygen atoms in total. The van der Waals surface area contributed by atoms with Crippen molar-refractivity contribution in [1.29, 1.82) is 0 Å². The third kappa shape index (κ3) is 1.39. The second-order valence-electron chi connectivity index (χ2n) is 5.48. The van der Waals surface area contributed by atoms with Crippen LogP contribution in [-0.2, 0) is 18.3 Å². The molecule has 0 unspecified atom stereocenters. The summed E-state index contributed by atoms with van der Waals surface area (Å²) < 4.78 is 10.8. The van der Waals surface area contributed by atoms with E-state index >= 15 is 0 Å². The topological polar surface area (TPSA) is 72.0 Å². The molecule has 2 aromatic rings. The van der Waals surface area contributed by atoms with Gasteiger partial charge < -0.3 is 9.05 Å². The lowest BCUT2D eigenvalue weighted by Crippen LogP contribution is -2.30. The van der Waals surface area contributed by atoms with Gasteiger partial charge in [-0.1, -0.05) is 32.3 Å². The Labute approximate surface area is 104 Å². The molecule has 0 aliphatic heterocycles. The number of nitrogens with zero attached hydrogens (tertiary/aromatic N) is 1. The lowest BCUT2D eigenvalue weighted by molar-refractivity contribution is 0.344. The van der Waals surface area contributed by atoms with Gasteiger partial charge in [0.25, 0.3) is 5.56 Å². The van der Waals surface area contributed by atoms with E-state index < -0.39 is 0 Å². The van der Waals surface area contributed by atoms with Gasteiger partial charge in [0, 0.05) is 11.8 Å². The molecule has 0 saturated heterocycles. The Hall–Kier alpha value is -1.78. The van der Waals surface area contributed by atoms with Crippen molar-refractivity contribution in [2.45, 2.75) is 45.4 Å². The fraction of sp³-hybridized carbons (Fsp3) is 0.538. The van der Waals surface area contributed by atoms with Gasteiger partial charge in [-0.3, -0.25) is 4.79 Å². The van der Waals surface area contributed by atoms with Gasteiger partial charge in [0.2, 0.25) is 0 Å². The molecule has 0 atom stereocenters. The van der Waals surface area contributed by atoms with Crippen LogP contribution in [0.5, 0.6) is 0 Å². The van der Waals surface area contributed by atoms with Gasteiger partial charge in [0.05, 0.1) is 16.8 Å². The van der Waals surface area contributed by atoms with E-state index in [1.54, 1.807) is 0 Å². The molecule has 1 N–H and O–H groups in total. The quantitative estimate of drug-likeness (QED) is 0.885. The molecule has 0 amide bonds. The molecule has 0 aromatic carbocycles. The number of aryl methyl sites for hydroxylation is 1. The highest BCUT2D eigenvalue weighted by Crippen LogP contribution is 2.43. The van der Waals surface area contributed by atoms with Crippen LogP contribution in [0.15, 0.2) is 13.8 Å². The Balaban J connectivity index is 2.27. The molecule has 0 saturated carbocycles. The van der Waals surface area contributed by atoms with E-state index in [1.807, 2.05) is 13.8 Å². The molecule has 3 rings (SSSR count). The molecule has 2 aromatic heterocycles. The maximum atomic E-state index is 11.9. The van der Waals surface area contributed by atoms with Gasteiger partial charge in [-0.15, -0.1) is 0 Å². The number of aromatic nitrogens is 2. The number of aromatic amines is 1. The first kappa shape index (κ1) is 11.3. The van der Waals surface area contributed by atoms with E-state index in [2.05, 4.69) is 17.2 Å². The van der Waals surface area contributed by atoms with Gasteiger partial charge in [-0.05, 0) is 6.42 Å². The van der Waals surface area contributed by atoms with E-state index in [1.165, 1.54) is 0 Å². The van der Waals surface area contributed by atoms with Gasteiger partial charge >= 0.3 is 0 Å². The zero-order valence-corrected chi connectivity index (χ0v) is 10.8. The average Bonchev–Trinajstić information content (AvgIpc) is 2.83. The molecule has 2 heterocycles. The van der Waals surface area contributed by atoms with Gasteiger partial charge in [0.15, 0.2) is 5.76 Å². The molecule has 1 aliphatic carbocycles. The molecule has 18 heavy (non-hydrogen) atoms. The highest BCUT2D eigenvalue weighted by atomic mass is 16.5. The van der Waals surface area contributed by atoms with Crippen molar-refractivity contribution in [2.24, 2.45) is 0 Å². The monoisotopic (exact) mass is 248 g/mol. The van der Waals surface area contributed by atoms with Crippen molar-refractivity contribution in [3.8, 4) is 11.3 Å². The summed E-state index contributed by atoms with van der Waals surface area (Å²) in [5.74, 6) is 1.43. The zero-order valence-electron chi connectivity index (χ0n) is 10.8. The minimum absolute atomic E-state index is 0.149. The predicted octanol–water partition coefficient (Wildman–Crippen LogP) is 2.41. The van der Waals surface area contributed by atoms with Crippen molar-refractivity contribution in [3.05, 3.63) is 27.4 Å². The van der Waals surface area contributed by atoms with E-state index in [9.17, 15) is 4.79 Å². The molecule has 0 fully saturated rings. The molecule has 1 aliphatic rings. The third-order valence-electron chi connectivity index (χ3n) is 3.53. The average molecular weight is 248 g/mol. The summed E-state index contributed by atoms with van der Waals surface area (Å²) in [6.45, 7) is 6.12. The van der Waals surface area contributed by atoms with E-state index in [-0.39, 0.29) is 11.0 Å². The first-order valence-electron chi connectivity index (χ1n) is 6.24. The van der Waals surface area contributed by atoms with Crippen molar-refractivity contribution < 1.29 is 9.05 Å². The van der Waals surface area contributed by atoms with Gasteiger partial charge in [-0.2, -0.15) is 5.16 Å². The standard InChI is InChI=1S/C13H16N2O3/c1-4-5-7-9-8(17-14-7)6-13(2,3)10-11(9)18-15-12(10)16/h4-6H2,1-3H3,(H,15,16). The fourth-order valence-corrected chi connectivity index (χ4v) is 2.73. The van der Waals surface area contributed by atoms with Crippen LogP contribution in [0.3, 0.4) is 0 Å². The minimum atomic E-state index is -0.286. The summed E-state index contributed by atoms with van der Waals surface area (Å²) in [7, 11) is 0. The first-order valence-corrected chi connectivity index (χ1v) is 6.24. The largest absolute Gasteiger partial charge is 0.378 e. The summed E-state index contributed by atoms with van der Waals surface area (Å²) >= 11 is 0. The van der Waals surface area contributed by atoms with Gasteiger partial charge in [-0.25, -0.2) is 0 Å². The van der Waals surface area contributed by atoms with E-state index in [4.69, 9.17) is 9.05 Å². The Morgan fingerprint density at radius 1 is 1.44 bits per heavy atom. The molecule has 0 bridgehead atoms. The molecular weight excluding hydrogens is 232 g/mol. The molecule has 5 heteroatoms. The second kappa shape index (κ2) is 3.60. The Bertz CT molecular complexity index is 645. The summed E-state index contributed by atoms with van der Waals surface area (Å²) in [6, 6.07) is 0. The maximum Gasteiger partial charge on any atom is 0.284 e. The third-order valence-corrected chi connectivity index (χ3v) is 3.53. The zero-order chi connectivity index (χ0) is 12.9. The van der Waals surface area contributed by atoms with Crippen molar-refractivity contribution >= 4 is 0 Å². The number of nitrogens with one attached hydrogen (secondary N) is 1. The summed E-state index contributed by atoms with van der Waals surface area (Å²) in [4.78, 5) is 11.9. The van der Waals surface area contributed by atoms with E-state index in [0.717, 1.165) is 29.9 Å². The number of rotatable bonds is 2. The Morgan fingerprint density at radius 2 is 2.22 bits per heavy atom. The summed E-state index contributed by atoms with van der Waals surface area (Å²) in [6.07, 6.45) is 2.48.